The lowest BCUT2D eigenvalue weighted by Crippen LogP contribution is -2.56. The van der Waals surface area contributed by atoms with Gasteiger partial charge in [-0.3, -0.25) is 9.48 Å². The van der Waals surface area contributed by atoms with E-state index in [0.29, 0.717) is 47.6 Å². The number of carbonyl (C=O) groups excluding carboxylic acids is 2. The summed E-state index contributed by atoms with van der Waals surface area (Å²) in [4.78, 5) is 35.0. The fourth-order valence-electron chi connectivity index (χ4n) is 5.42. The first-order chi connectivity index (χ1) is 19.5. The van der Waals surface area contributed by atoms with Gasteiger partial charge in [-0.25, -0.2) is 9.78 Å². The molecule has 0 spiro atoms. The standard InChI is InChI=1S/C30H36N8O3/c1-7-8-21-16-36(11-12-38(21)29(40)41-30(3,4)5)25-10-9-22(27-23(25)17-35(6)34-27)28(39)33-24-18-37-15-19(2)32-26(37)13-20(24)14-31/h9-10,13,15,17-18,21H,7-8,11-12,16H2,1-6H3,(H,33,39). The van der Waals surface area contributed by atoms with Crippen molar-refractivity contribution in [1.29, 1.82) is 5.26 Å². The number of hydrogen-bond acceptors (Lipinski definition) is 7. The first-order valence-corrected chi connectivity index (χ1v) is 13.9. The monoisotopic (exact) mass is 556 g/mol. The van der Waals surface area contributed by atoms with Gasteiger partial charge in [-0.2, -0.15) is 10.4 Å². The zero-order valence-corrected chi connectivity index (χ0v) is 24.4. The van der Waals surface area contributed by atoms with Gasteiger partial charge in [-0.05, 0) is 46.2 Å². The van der Waals surface area contributed by atoms with Gasteiger partial charge in [0.2, 0.25) is 0 Å². The molecule has 214 valence electrons. The Kier molecular flexibility index (Phi) is 7.34. The fourth-order valence-corrected chi connectivity index (χ4v) is 5.42. The molecule has 1 atom stereocenters. The number of aromatic nitrogens is 4. The van der Waals surface area contributed by atoms with Crippen molar-refractivity contribution in [3.63, 3.8) is 0 Å². The molecule has 1 aliphatic rings. The molecule has 2 amide bonds. The van der Waals surface area contributed by atoms with Gasteiger partial charge in [0.05, 0.1) is 28.6 Å². The lowest BCUT2D eigenvalue weighted by Gasteiger charge is -2.43. The summed E-state index contributed by atoms with van der Waals surface area (Å²) >= 11 is 0. The molecule has 41 heavy (non-hydrogen) atoms. The van der Waals surface area contributed by atoms with Crippen molar-refractivity contribution in [2.24, 2.45) is 7.05 Å². The maximum atomic E-state index is 13.5. The fraction of sp³-hybridized carbons (Fsp3) is 0.433. The molecule has 0 radical (unpaired) electrons. The molecule has 4 heterocycles. The van der Waals surface area contributed by atoms with Crippen LogP contribution in [0.4, 0.5) is 16.2 Å². The van der Waals surface area contributed by atoms with Crippen molar-refractivity contribution in [2.75, 3.05) is 29.9 Å². The Balaban J connectivity index is 1.43. The van der Waals surface area contributed by atoms with Gasteiger partial charge in [-0.15, -0.1) is 0 Å². The zero-order chi connectivity index (χ0) is 29.5. The number of rotatable bonds is 5. The number of nitrogens with zero attached hydrogens (tertiary/aromatic N) is 7. The van der Waals surface area contributed by atoms with Crippen LogP contribution >= 0.6 is 0 Å². The number of anilines is 2. The first-order valence-electron chi connectivity index (χ1n) is 13.9. The summed E-state index contributed by atoms with van der Waals surface area (Å²) in [6.07, 6.45) is 6.97. The van der Waals surface area contributed by atoms with E-state index in [-0.39, 0.29) is 18.0 Å². The SMILES string of the molecule is CCCC1CN(c2ccc(C(=O)Nc3cn4cc(C)nc4cc3C#N)c3nn(C)cc23)CCN1C(=O)OC(C)(C)C. The molecule has 11 nitrogen and oxygen atoms in total. The molecular weight excluding hydrogens is 520 g/mol. The molecule has 1 unspecified atom stereocenters. The third-order valence-electron chi connectivity index (χ3n) is 7.17. The highest BCUT2D eigenvalue weighted by molar-refractivity contribution is 6.14. The van der Waals surface area contributed by atoms with Gasteiger partial charge in [0, 0.05) is 62.4 Å². The molecule has 0 aliphatic carbocycles. The van der Waals surface area contributed by atoms with Gasteiger partial charge < -0.3 is 24.3 Å². The maximum Gasteiger partial charge on any atom is 0.410 e. The predicted molar refractivity (Wildman–Crippen MR) is 157 cm³/mol. The predicted octanol–water partition coefficient (Wildman–Crippen LogP) is 4.88. The number of carbonyl (C=O) groups is 2. The van der Waals surface area contributed by atoms with Gasteiger partial charge in [0.15, 0.2) is 0 Å². The summed E-state index contributed by atoms with van der Waals surface area (Å²) in [6, 6.07) is 7.54. The average Bonchev–Trinajstić information content (AvgIpc) is 3.47. The molecule has 4 aromatic rings. The van der Waals surface area contributed by atoms with Gasteiger partial charge in [-0.1, -0.05) is 13.3 Å². The number of pyridine rings is 1. The van der Waals surface area contributed by atoms with Crippen LogP contribution in [0.5, 0.6) is 0 Å². The number of piperazine rings is 1. The van der Waals surface area contributed by atoms with E-state index in [0.717, 1.165) is 29.6 Å². The van der Waals surface area contributed by atoms with Crippen molar-refractivity contribution < 1.29 is 14.3 Å². The highest BCUT2D eigenvalue weighted by Gasteiger charge is 2.34. The Morgan fingerprint density at radius 2 is 1.98 bits per heavy atom. The smallest absolute Gasteiger partial charge is 0.410 e. The Labute approximate surface area is 239 Å². The maximum absolute atomic E-state index is 13.5. The summed E-state index contributed by atoms with van der Waals surface area (Å²) in [7, 11) is 1.83. The van der Waals surface area contributed by atoms with Crippen LogP contribution in [-0.2, 0) is 11.8 Å². The molecule has 1 N–H and O–H groups in total. The zero-order valence-electron chi connectivity index (χ0n) is 24.4. The van der Waals surface area contributed by atoms with E-state index in [4.69, 9.17) is 4.74 Å². The number of ether oxygens (including phenoxy) is 1. The molecule has 1 saturated heterocycles. The van der Waals surface area contributed by atoms with Crippen molar-refractivity contribution in [3.8, 4) is 6.07 Å². The molecule has 0 bridgehead atoms. The number of aryl methyl sites for hydroxylation is 2. The van der Waals surface area contributed by atoms with Crippen LogP contribution in [0.3, 0.4) is 0 Å². The van der Waals surface area contributed by atoms with Gasteiger partial charge >= 0.3 is 6.09 Å². The first kappa shape index (κ1) is 28.0. The summed E-state index contributed by atoms with van der Waals surface area (Å²) in [5.74, 6) is -0.355. The van der Waals surface area contributed by atoms with Crippen LogP contribution in [0.2, 0.25) is 0 Å². The van der Waals surface area contributed by atoms with E-state index in [1.807, 2.05) is 58.1 Å². The number of benzene rings is 1. The quantitative estimate of drug-likeness (QED) is 0.372. The lowest BCUT2D eigenvalue weighted by atomic mass is 10.0. The number of hydrogen-bond donors (Lipinski definition) is 1. The highest BCUT2D eigenvalue weighted by atomic mass is 16.6. The van der Waals surface area contributed by atoms with E-state index in [1.165, 1.54) is 0 Å². The number of fused-ring (bicyclic) bond motifs is 2. The molecule has 11 heteroatoms. The molecule has 1 aromatic carbocycles. The molecule has 0 saturated carbocycles. The second-order valence-electron chi connectivity index (χ2n) is 11.6. The van der Waals surface area contributed by atoms with Crippen LogP contribution in [0.15, 0.2) is 36.8 Å². The summed E-state index contributed by atoms with van der Waals surface area (Å²) in [5, 5.41) is 18.1. The second kappa shape index (κ2) is 10.8. The minimum Gasteiger partial charge on any atom is -0.444 e. The van der Waals surface area contributed by atoms with Gasteiger partial charge in [0.25, 0.3) is 5.91 Å². The summed E-state index contributed by atoms with van der Waals surface area (Å²) in [5.41, 5.74) is 3.57. The number of amides is 2. The Morgan fingerprint density at radius 1 is 1.20 bits per heavy atom. The molecule has 1 fully saturated rings. The van der Waals surface area contributed by atoms with Crippen molar-refractivity contribution >= 4 is 39.9 Å². The van der Waals surface area contributed by atoms with Crippen molar-refractivity contribution in [1.82, 2.24) is 24.1 Å². The number of nitriles is 1. The van der Waals surface area contributed by atoms with E-state index in [2.05, 4.69) is 33.3 Å². The lowest BCUT2D eigenvalue weighted by molar-refractivity contribution is 0.0131. The Hall–Kier alpha value is -4.59. The number of imidazole rings is 1. The van der Waals surface area contributed by atoms with Crippen molar-refractivity contribution in [3.05, 3.63) is 53.6 Å². The van der Waals surface area contributed by atoms with Crippen molar-refractivity contribution in [2.45, 2.75) is 59.1 Å². The summed E-state index contributed by atoms with van der Waals surface area (Å²) < 4.78 is 9.17. The largest absolute Gasteiger partial charge is 0.444 e. The molecule has 1 aliphatic heterocycles. The van der Waals surface area contributed by atoms with Gasteiger partial charge in [0.1, 0.15) is 22.8 Å². The summed E-state index contributed by atoms with van der Waals surface area (Å²) in [6.45, 7) is 11.4. The van der Waals surface area contributed by atoms with E-state index in [1.54, 1.807) is 27.4 Å². The molecule has 5 rings (SSSR count). The third-order valence-corrected chi connectivity index (χ3v) is 7.17. The Morgan fingerprint density at radius 3 is 2.68 bits per heavy atom. The second-order valence-corrected chi connectivity index (χ2v) is 11.6. The average molecular weight is 557 g/mol. The normalized spacial score (nSPS) is 15.8. The van der Waals surface area contributed by atoms with E-state index >= 15 is 0 Å². The molecule has 3 aromatic heterocycles. The minimum atomic E-state index is -0.555. The topological polar surface area (TPSA) is 121 Å². The Bertz CT molecular complexity index is 1670. The highest BCUT2D eigenvalue weighted by Crippen LogP contribution is 2.32. The van der Waals surface area contributed by atoms with Crippen LogP contribution in [0.1, 0.15) is 62.2 Å². The van der Waals surface area contributed by atoms with Crippen LogP contribution < -0.4 is 10.2 Å². The van der Waals surface area contributed by atoms with Crippen LogP contribution in [-0.4, -0.2) is 67.3 Å². The third kappa shape index (κ3) is 5.68. The minimum absolute atomic E-state index is 0.00410. The van der Waals surface area contributed by atoms with Crippen LogP contribution in [0, 0.1) is 18.3 Å². The molecular formula is C30H36N8O3. The van der Waals surface area contributed by atoms with E-state index in [9.17, 15) is 14.9 Å². The van der Waals surface area contributed by atoms with E-state index < -0.39 is 5.60 Å². The van der Waals surface area contributed by atoms with Crippen LogP contribution in [0.25, 0.3) is 16.6 Å². The number of nitrogens with one attached hydrogen (secondary N) is 1.